The highest BCUT2D eigenvalue weighted by Gasteiger charge is 2.30. The monoisotopic (exact) mass is 330 g/mol. The number of hydrogen-bond donors (Lipinski definition) is 2. The first-order valence-corrected chi connectivity index (χ1v) is 6.69. The van der Waals surface area contributed by atoms with Crippen LogP contribution in [0.4, 0.5) is 18.9 Å². The molecule has 23 heavy (non-hydrogen) atoms. The van der Waals surface area contributed by atoms with Crippen molar-refractivity contribution in [1.82, 2.24) is 5.32 Å². The van der Waals surface area contributed by atoms with Crippen LogP contribution in [0.5, 0.6) is 0 Å². The number of nitrogens with one attached hydrogen (secondary N) is 2. The van der Waals surface area contributed by atoms with Gasteiger partial charge in [0.2, 0.25) is 5.91 Å². The van der Waals surface area contributed by atoms with Crippen LogP contribution in [0.1, 0.15) is 18.4 Å². The minimum absolute atomic E-state index is 0.146. The SMILES string of the molecule is O=C(COC(=O)[C@H]1CCC(=O)N1)Nc1ccc(C(F)(F)F)cc1. The number of rotatable bonds is 4. The standard InChI is InChI=1S/C14H13F3N2O4/c15-14(16,17)8-1-3-9(4-2-8)18-12(21)7-23-13(22)10-5-6-11(20)19-10/h1-4,10H,5-7H2,(H,18,21)(H,19,20)/t10-/m1/s1. The summed E-state index contributed by atoms with van der Waals surface area (Å²) in [7, 11) is 0. The van der Waals surface area contributed by atoms with Crippen LogP contribution in [0.2, 0.25) is 0 Å². The summed E-state index contributed by atoms with van der Waals surface area (Å²) < 4.78 is 41.9. The molecule has 1 atom stereocenters. The number of ether oxygens (including phenoxy) is 1. The quantitative estimate of drug-likeness (QED) is 0.819. The van der Waals surface area contributed by atoms with E-state index in [1.807, 2.05) is 0 Å². The van der Waals surface area contributed by atoms with E-state index < -0.39 is 36.3 Å². The van der Waals surface area contributed by atoms with E-state index in [0.717, 1.165) is 24.3 Å². The summed E-state index contributed by atoms with van der Waals surface area (Å²) in [5.41, 5.74) is -0.688. The lowest BCUT2D eigenvalue weighted by Crippen LogP contribution is -2.36. The fourth-order valence-corrected chi connectivity index (χ4v) is 1.97. The minimum atomic E-state index is -4.45. The average molecular weight is 330 g/mol. The summed E-state index contributed by atoms with van der Waals surface area (Å²) in [6, 6.07) is 3.09. The second-order valence-electron chi connectivity index (χ2n) is 4.89. The van der Waals surface area contributed by atoms with Gasteiger partial charge in [0.25, 0.3) is 5.91 Å². The van der Waals surface area contributed by atoms with E-state index in [2.05, 4.69) is 10.6 Å². The summed E-state index contributed by atoms with van der Waals surface area (Å²) in [6.45, 7) is -0.591. The van der Waals surface area contributed by atoms with Gasteiger partial charge in [0.15, 0.2) is 6.61 Å². The molecule has 6 nitrogen and oxygen atoms in total. The molecule has 0 bridgehead atoms. The van der Waals surface area contributed by atoms with Gasteiger partial charge in [-0.05, 0) is 30.7 Å². The van der Waals surface area contributed by atoms with E-state index in [0.29, 0.717) is 6.42 Å². The zero-order valence-electron chi connectivity index (χ0n) is 11.8. The lowest BCUT2D eigenvalue weighted by Gasteiger charge is -2.11. The molecule has 0 radical (unpaired) electrons. The van der Waals surface area contributed by atoms with Crippen LogP contribution in [-0.2, 0) is 25.3 Å². The number of halogens is 3. The molecule has 0 saturated carbocycles. The van der Waals surface area contributed by atoms with Crippen LogP contribution in [-0.4, -0.2) is 30.4 Å². The maximum atomic E-state index is 12.4. The van der Waals surface area contributed by atoms with E-state index in [-0.39, 0.29) is 18.0 Å². The van der Waals surface area contributed by atoms with Crippen molar-refractivity contribution in [2.75, 3.05) is 11.9 Å². The fourth-order valence-electron chi connectivity index (χ4n) is 1.97. The number of anilines is 1. The lowest BCUT2D eigenvalue weighted by atomic mass is 10.2. The Hall–Kier alpha value is -2.58. The van der Waals surface area contributed by atoms with Crippen LogP contribution in [0.3, 0.4) is 0 Å². The van der Waals surface area contributed by atoms with Gasteiger partial charge in [0, 0.05) is 12.1 Å². The molecule has 0 aliphatic carbocycles. The highest BCUT2D eigenvalue weighted by Crippen LogP contribution is 2.29. The molecule has 2 N–H and O–H groups in total. The smallest absolute Gasteiger partial charge is 0.416 e. The van der Waals surface area contributed by atoms with Crippen molar-refractivity contribution in [3.8, 4) is 0 Å². The van der Waals surface area contributed by atoms with Gasteiger partial charge in [0.1, 0.15) is 6.04 Å². The summed E-state index contributed by atoms with van der Waals surface area (Å²) in [6.07, 6.45) is -3.93. The predicted octanol–water partition coefficient (Wildman–Crippen LogP) is 1.47. The normalized spacial score (nSPS) is 17.5. The predicted molar refractivity (Wildman–Crippen MR) is 72.2 cm³/mol. The topological polar surface area (TPSA) is 84.5 Å². The van der Waals surface area contributed by atoms with Crippen LogP contribution in [0, 0.1) is 0 Å². The third kappa shape index (κ3) is 4.70. The number of alkyl halides is 3. The van der Waals surface area contributed by atoms with E-state index in [1.54, 1.807) is 0 Å². The zero-order chi connectivity index (χ0) is 17.0. The van der Waals surface area contributed by atoms with Gasteiger partial charge in [-0.1, -0.05) is 0 Å². The van der Waals surface area contributed by atoms with Crippen LogP contribution >= 0.6 is 0 Å². The molecule has 1 aromatic carbocycles. The largest absolute Gasteiger partial charge is 0.454 e. The molecule has 1 saturated heterocycles. The second-order valence-corrected chi connectivity index (χ2v) is 4.89. The number of benzene rings is 1. The number of esters is 1. The molecule has 2 rings (SSSR count). The molecule has 1 aliphatic heterocycles. The Morgan fingerprint density at radius 2 is 1.91 bits per heavy atom. The maximum Gasteiger partial charge on any atom is 0.416 e. The van der Waals surface area contributed by atoms with Crippen LogP contribution in [0.25, 0.3) is 0 Å². The summed E-state index contributed by atoms with van der Waals surface area (Å²) in [5.74, 6) is -1.68. The van der Waals surface area contributed by atoms with Gasteiger partial charge in [-0.25, -0.2) is 4.79 Å². The Morgan fingerprint density at radius 3 is 2.43 bits per heavy atom. The Labute approximate surface area is 129 Å². The van der Waals surface area contributed by atoms with Crippen molar-refractivity contribution < 1.29 is 32.3 Å². The zero-order valence-corrected chi connectivity index (χ0v) is 11.8. The highest BCUT2D eigenvalue weighted by molar-refractivity contribution is 5.94. The van der Waals surface area contributed by atoms with Gasteiger partial charge in [-0.2, -0.15) is 13.2 Å². The third-order valence-electron chi connectivity index (χ3n) is 3.12. The number of hydrogen-bond acceptors (Lipinski definition) is 4. The molecule has 0 spiro atoms. The number of carbonyl (C=O) groups is 3. The molecule has 1 fully saturated rings. The summed E-state index contributed by atoms with van der Waals surface area (Å²) in [5, 5.41) is 4.70. The lowest BCUT2D eigenvalue weighted by molar-refractivity contribution is -0.149. The van der Waals surface area contributed by atoms with E-state index in [1.165, 1.54) is 0 Å². The van der Waals surface area contributed by atoms with Crippen molar-refractivity contribution >= 4 is 23.5 Å². The average Bonchev–Trinajstić information content (AvgIpc) is 2.91. The van der Waals surface area contributed by atoms with Gasteiger partial charge < -0.3 is 15.4 Å². The first-order chi connectivity index (χ1) is 10.8. The van der Waals surface area contributed by atoms with Crippen molar-refractivity contribution in [1.29, 1.82) is 0 Å². The first-order valence-electron chi connectivity index (χ1n) is 6.69. The second kappa shape index (κ2) is 6.67. The summed E-state index contributed by atoms with van der Waals surface area (Å²) >= 11 is 0. The Balaban J connectivity index is 1.80. The molecular weight excluding hydrogens is 317 g/mol. The van der Waals surface area contributed by atoms with Gasteiger partial charge in [0.05, 0.1) is 5.56 Å². The van der Waals surface area contributed by atoms with Gasteiger partial charge in [-0.3, -0.25) is 9.59 Å². The first kappa shape index (κ1) is 16.8. The van der Waals surface area contributed by atoms with Crippen molar-refractivity contribution in [3.05, 3.63) is 29.8 Å². The fraction of sp³-hybridized carbons (Fsp3) is 0.357. The molecule has 1 heterocycles. The molecule has 1 aliphatic rings. The molecule has 124 valence electrons. The van der Waals surface area contributed by atoms with Crippen LogP contribution in [0.15, 0.2) is 24.3 Å². The molecule has 0 unspecified atom stereocenters. The minimum Gasteiger partial charge on any atom is -0.454 e. The van der Waals surface area contributed by atoms with Gasteiger partial charge in [-0.15, -0.1) is 0 Å². The van der Waals surface area contributed by atoms with Crippen molar-refractivity contribution in [2.24, 2.45) is 0 Å². The van der Waals surface area contributed by atoms with Crippen molar-refractivity contribution in [3.63, 3.8) is 0 Å². The Morgan fingerprint density at radius 1 is 1.26 bits per heavy atom. The molecule has 9 heteroatoms. The Kier molecular flexibility index (Phi) is 4.87. The molecule has 2 amide bonds. The number of amides is 2. The van der Waals surface area contributed by atoms with Crippen molar-refractivity contribution in [2.45, 2.75) is 25.1 Å². The Bertz CT molecular complexity index is 613. The summed E-state index contributed by atoms with van der Waals surface area (Å²) in [4.78, 5) is 34.1. The molecule has 1 aromatic rings. The van der Waals surface area contributed by atoms with Crippen LogP contribution < -0.4 is 10.6 Å². The number of carbonyl (C=O) groups excluding carboxylic acids is 3. The molecule has 0 aromatic heterocycles. The maximum absolute atomic E-state index is 12.4. The van der Waals surface area contributed by atoms with E-state index in [4.69, 9.17) is 4.74 Å². The van der Waals surface area contributed by atoms with E-state index >= 15 is 0 Å². The van der Waals surface area contributed by atoms with E-state index in [9.17, 15) is 27.6 Å². The molecular formula is C14H13F3N2O4. The van der Waals surface area contributed by atoms with Gasteiger partial charge >= 0.3 is 12.1 Å². The third-order valence-corrected chi connectivity index (χ3v) is 3.12. The highest BCUT2D eigenvalue weighted by atomic mass is 19.4.